The molecule has 7 nitrogen and oxygen atoms in total. The van der Waals surface area contributed by atoms with Gasteiger partial charge in [0.1, 0.15) is 0 Å². The number of carbonyl (C=O) groups excluding carboxylic acids is 3. The highest BCUT2D eigenvalue weighted by Crippen LogP contribution is 2.29. The zero-order valence-electron chi connectivity index (χ0n) is 20.8. The lowest BCUT2D eigenvalue weighted by molar-refractivity contribution is -0.111. The van der Waals surface area contributed by atoms with Crippen LogP contribution in [0.1, 0.15) is 33.2 Å². The number of ether oxygens (including phenoxy) is 1. The van der Waals surface area contributed by atoms with Gasteiger partial charge in [0, 0.05) is 47.9 Å². The Morgan fingerprint density at radius 1 is 0.921 bits per heavy atom. The standard InChI is InChI=1S/C29H27Cl2N3O4/c1-2-38-29(37)22-9-12-26(33-14-16-34(17-15-33)28(36)21-6-4-3-5-7-21)25(18-22)32-27(35)13-10-20-8-11-23(30)19-24(20)31/h3-13,18-19H,2,14-17H2,1H3,(H,32,35). The number of nitrogens with one attached hydrogen (secondary N) is 1. The van der Waals surface area contributed by atoms with Crippen LogP contribution in [-0.2, 0) is 9.53 Å². The van der Waals surface area contributed by atoms with Gasteiger partial charge in [-0.05, 0) is 61.0 Å². The molecule has 1 fully saturated rings. The van der Waals surface area contributed by atoms with E-state index in [9.17, 15) is 14.4 Å². The van der Waals surface area contributed by atoms with E-state index in [4.69, 9.17) is 27.9 Å². The van der Waals surface area contributed by atoms with E-state index in [1.807, 2.05) is 23.1 Å². The van der Waals surface area contributed by atoms with Crippen LogP contribution in [0, 0.1) is 0 Å². The molecule has 0 unspecified atom stereocenters. The molecule has 4 rings (SSSR count). The average molecular weight is 552 g/mol. The summed E-state index contributed by atoms with van der Waals surface area (Å²) in [4.78, 5) is 42.0. The smallest absolute Gasteiger partial charge is 0.338 e. The van der Waals surface area contributed by atoms with Gasteiger partial charge in [0.2, 0.25) is 5.91 Å². The number of anilines is 2. The van der Waals surface area contributed by atoms with Crippen molar-refractivity contribution in [2.75, 3.05) is 43.0 Å². The molecule has 1 N–H and O–H groups in total. The second-order valence-corrected chi connectivity index (χ2v) is 9.43. The molecule has 0 bridgehead atoms. The van der Waals surface area contributed by atoms with Gasteiger partial charge in [0.05, 0.1) is 23.5 Å². The van der Waals surface area contributed by atoms with Gasteiger partial charge in [-0.2, -0.15) is 0 Å². The van der Waals surface area contributed by atoms with Crippen molar-refractivity contribution in [3.63, 3.8) is 0 Å². The number of nitrogens with zero attached hydrogens (tertiary/aromatic N) is 2. The first-order valence-electron chi connectivity index (χ1n) is 12.2. The van der Waals surface area contributed by atoms with Crippen molar-refractivity contribution < 1.29 is 19.1 Å². The summed E-state index contributed by atoms with van der Waals surface area (Å²) >= 11 is 12.2. The molecule has 0 radical (unpaired) electrons. The van der Waals surface area contributed by atoms with Crippen LogP contribution in [0.2, 0.25) is 10.0 Å². The molecule has 196 valence electrons. The Morgan fingerprint density at radius 2 is 1.66 bits per heavy atom. The Morgan fingerprint density at radius 3 is 2.34 bits per heavy atom. The van der Waals surface area contributed by atoms with E-state index >= 15 is 0 Å². The van der Waals surface area contributed by atoms with Crippen LogP contribution in [0.3, 0.4) is 0 Å². The van der Waals surface area contributed by atoms with Gasteiger partial charge in [0.25, 0.3) is 5.91 Å². The lowest BCUT2D eigenvalue weighted by Crippen LogP contribution is -2.49. The third kappa shape index (κ3) is 6.73. The molecule has 2 amide bonds. The van der Waals surface area contributed by atoms with E-state index in [1.54, 1.807) is 61.5 Å². The third-order valence-electron chi connectivity index (χ3n) is 6.07. The fraction of sp³-hybridized carbons (Fsp3) is 0.207. The highest BCUT2D eigenvalue weighted by molar-refractivity contribution is 6.35. The number of amides is 2. The Hall–Kier alpha value is -3.81. The fourth-order valence-electron chi connectivity index (χ4n) is 4.14. The van der Waals surface area contributed by atoms with Gasteiger partial charge in [-0.3, -0.25) is 9.59 Å². The van der Waals surface area contributed by atoms with E-state index < -0.39 is 11.9 Å². The molecule has 1 heterocycles. The van der Waals surface area contributed by atoms with Crippen molar-refractivity contribution in [1.82, 2.24) is 4.90 Å². The van der Waals surface area contributed by atoms with Crippen LogP contribution in [-0.4, -0.2) is 55.5 Å². The first kappa shape index (κ1) is 27.2. The molecule has 0 saturated carbocycles. The van der Waals surface area contributed by atoms with Crippen molar-refractivity contribution in [2.45, 2.75) is 6.92 Å². The number of esters is 1. The van der Waals surface area contributed by atoms with Crippen LogP contribution >= 0.6 is 23.2 Å². The minimum Gasteiger partial charge on any atom is -0.462 e. The van der Waals surface area contributed by atoms with Crippen LogP contribution in [0.25, 0.3) is 6.08 Å². The molecule has 38 heavy (non-hydrogen) atoms. The summed E-state index contributed by atoms with van der Waals surface area (Å²) in [7, 11) is 0. The number of benzene rings is 3. The van der Waals surface area contributed by atoms with Crippen LogP contribution in [0.5, 0.6) is 0 Å². The number of carbonyl (C=O) groups is 3. The van der Waals surface area contributed by atoms with Crippen LogP contribution < -0.4 is 10.2 Å². The van der Waals surface area contributed by atoms with Crippen LogP contribution in [0.4, 0.5) is 11.4 Å². The first-order chi connectivity index (χ1) is 18.4. The minimum absolute atomic E-state index is 0.0116. The van der Waals surface area contributed by atoms with Crippen LogP contribution in [0.15, 0.2) is 72.8 Å². The average Bonchev–Trinajstić information content (AvgIpc) is 2.93. The highest BCUT2D eigenvalue weighted by Gasteiger charge is 2.24. The second-order valence-electron chi connectivity index (χ2n) is 8.59. The molecular weight excluding hydrogens is 525 g/mol. The maximum Gasteiger partial charge on any atom is 0.338 e. The quantitative estimate of drug-likeness (QED) is 0.297. The van der Waals surface area contributed by atoms with Gasteiger partial charge in [-0.25, -0.2) is 4.79 Å². The Labute approximate surface area is 231 Å². The molecule has 0 spiro atoms. The predicted molar refractivity (Wildman–Crippen MR) is 151 cm³/mol. The van der Waals surface area contributed by atoms with Crippen molar-refractivity contribution in [3.05, 3.63) is 99.5 Å². The molecule has 1 aliphatic rings. The molecule has 3 aromatic carbocycles. The second kappa shape index (κ2) is 12.6. The summed E-state index contributed by atoms with van der Waals surface area (Å²) in [6.45, 7) is 4.15. The normalized spacial score (nSPS) is 13.4. The minimum atomic E-state index is -0.476. The van der Waals surface area contributed by atoms with E-state index in [2.05, 4.69) is 10.2 Å². The molecule has 1 saturated heterocycles. The Kier molecular flexibility index (Phi) is 9.05. The van der Waals surface area contributed by atoms with E-state index in [-0.39, 0.29) is 12.5 Å². The summed E-state index contributed by atoms with van der Waals surface area (Å²) in [5.41, 5.74) is 2.84. The maximum atomic E-state index is 12.8. The third-order valence-corrected chi connectivity index (χ3v) is 6.63. The van der Waals surface area contributed by atoms with Crippen molar-refractivity contribution in [1.29, 1.82) is 0 Å². The van der Waals surface area contributed by atoms with Crippen molar-refractivity contribution >= 4 is 58.4 Å². The highest BCUT2D eigenvalue weighted by atomic mass is 35.5. The number of rotatable bonds is 7. The summed E-state index contributed by atoms with van der Waals surface area (Å²) in [5.74, 6) is -0.880. The zero-order chi connectivity index (χ0) is 27.1. The maximum absolute atomic E-state index is 12.8. The molecule has 9 heteroatoms. The van der Waals surface area contributed by atoms with E-state index in [1.165, 1.54) is 6.08 Å². The van der Waals surface area contributed by atoms with Crippen molar-refractivity contribution in [3.8, 4) is 0 Å². The first-order valence-corrected chi connectivity index (χ1v) is 13.0. The molecule has 1 aliphatic heterocycles. The van der Waals surface area contributed by atoms with Gasteiger partial charge in [-0.1, -0.05) is 47.5 Å². The zero-order valence-corrected chi connectivity index (χ0v) is 22.3. The summed E-state index contributed by atoms with van der Waals surface area (Å²) in [6.07, 6.45) is 2.96. The topological polar surface area (TPSA) is 79.0 Å². The Balaban J connectivity index is 1.52. The molecule has 0 aromatic heterocycles. The molecule has 0 atom stereocenters. The number of piperazine rings is 1. The molecular formula is C29H27Cl2N3O4. The van der Waals surface area contributed by atoms with E-state index in [0.29, 0.717) is 58.6 Å². The summed E-state index contributed by atoms with van der Waals surface area (Å²) in [6, 6.07) is 19.3. The van der Waals surface area contributed by atoms with Crippen molar-refractivity contribution in [2.24, 2.45) is 0 Å². The Bertz CT molecular complexity index is 1350. The predicted octanol–water partition coefficient (Wildman–Crippen LogP) is 5.78. The monoisotopic (exact) mass is 551 g/mol. The number of halogens is 2. The molecule has 0 aliphatic carbocycles. The lowest BCUT2D eigenvalue weighted by Gasteiger charge is -2.37. The number of hydrogen-bond acceptors (Lipinski definition) is 5. The fourth-order valence-corrected chi connectivity index (χ4v) is 4.62. The van der Waals surface area contributed by atoms with Gasteiger partial charge in [-0.15, -0.1) is 0 Å². The van der Waals surface area contributed by atoms with Gasteiger partial charge in [0.15, 0.2) is 0 Å². The summed E-state index contributed by atoms with van der Waals surface area (Å²) in [5, 5.41) is 3.81. The lowest BCUT2D eigenvalue weighted by atomic mass is 10.1. The number of hydrogen-bond donors (Lipinski definition) is 1. The van der Waals surface area contributed by atoms with Gasteiger partial charge < -0.3 is 19.9 Å². The molecule has 3 aromatic rings. The summed E-state index contributed by atoms with van der Waals surface area (Å²) < 4.78 is 5.14. The van der Waals surface area contributed by atoms with Gasteiger partial charge >= 0.3 is 5.97 Å². The SMILES string of the molecule is CCOC(=O)c1ccc(N2CCN(C(=O)c3ccccc3)CC2)c(NC(=O)C=Cc2ccc(Cl)cc2Cl)c1. The largest absolute Gasteiger partial charge is 0.462 e. The van der Waals surface area contributed by atoms with E-state index in [0.717, 1.165) is 5.69 Å².